The third-order valence-corrected chi connectivity index (χ3v) is 2.21. The first-order chi connectivity index (χ1) is 5.91. The van der Waals surface area contributed by atoms with Crippen LogP contribution in [0.2, 0.25) is 0 Å². The van der Waals surface area contributed by atoms with Crippen LogP contribution in [0.4, 0.5) is 13.2 Å². The largest absolute Gasteiger partial charge is 0.450 e. The lowest BCUT2D eigenvalue weighted by Gasteiger charge is -2.23. The van der Waals surface area contributed by atoms with Crippen LogP contribution in [0.25, 0.3) is 0 Å². The highest BCUT2D eigenvalue weighted by molar-refractivity contribution is 6.02. The molecule has 1 aliphatic carbocycles. The molecule has 1 aliphatic rings. The van der Waals surface area contributed by atoms with Crippen molar-refractivity contribution < 1.29 is 22.8 Å². The molecule has 0 saturated heterocycles. The highest BCUT2D eigenvalue weighted by atomic mass is 19.4. The second-order valence-corrected chi connectivity index (χ2v) is 3.19. The molecule has 0 bridgehead atoms. The number of carbonyl (C=O) groups is 2. The average molecular weight is 194 g/mol. The van der Waals surface area contributed by atoms with Gasteiger partial charge < -0.3 is 0 Å². The maximum absolute atomic E-state index is 11.7. The number of alkyl halides is 3. The topological polar surface area (TPSA) is 34.1 Å². The number of rotatable bonds is 3. The van der Waals surface area contributed by atoms with Gasteiger partial charge in [0, 0.05) is 5.92 Å². The van der Waals surface area contributed by atoms with Gasteiger partial charge in [-0.1, -0.05) is 6.42 Å². The van der Waals surface area contributed by atoms with Crippen LogP contribution >= 0.6 is 0 Å². The Kier molecular flexibility index (Phi) is 2.73. The number of halogens is 3. The highest BCUT2D eigenvalue weighted by Gasteiger charge is 2.40. The summed E-state index contributed by atoms with van der Waals surface area (Å²) in [5.74, 6) is -2.79. The van der Waals surface area contributed by atoms with Crippen molar-refractivity contribution in [3.05, 3.63) is 0 Å². The second kappa shape index (κ2) is 3.47. The van der Waals surface area contributed by atoms with Gasteiger partial charge in [0.15, 0.2) is 0 Å². The molecule has 0 amide bonds. The Morgan fingerprint density at radius 3 is 2.08 bits per heavy atom. The maximum atomic E-state index is 11.7. The van der Waals surface area contributed by atoms with E-state index in [4.69, 9.17) is 0 Å². The molecule has 0 aromatic heterocycles. The number of Topliss-reactive ketones (excluding diaryl/α,β-unsaturated/α-hetero) is 2. The third kappa shape index (κ3) is 2.54. The number of hydrogen-bond acceptors (Lipinski definition) is 2. The molecular formula is C8H9F3O2. The van der Waals surface area contributed by atoms with Gasteiger partial charge in [-0.15, -0.1) is 0 Å². The molecule has 0 aromatic carbocycles. The van der Waals surface area contributed by atoms with E-state index in [0.29, 0.717) is 12.8 Å². The van der Waals surface area contributed by atoms with Gasteiger partial charge in [0.2, 0.25) is 5.78 Å². The van der Waals surface area contributed by atoms with Crippen molar-refractivity contribution >= 4 is 11.6 Å². The fraction of sp³-hybridized carbons (Fsp3) is 0.750. The quantitative estimate of drug-likeness (QED) is 0.643. The summed E-state index contributed by atoms with van der Waals surface area (Å²) < 4.78 is 35.1. The minimum Gasteiger partial charge on any atom is -0.299 e. The maximum Gasteiger partial charge on any atom is 0.450 e. The average Bonchev–Trinajstić information content (AvgIpc) is 1.79. The number of ketones is 2. The molecule has 0 unspecified atom stereocenters. The summed E-state index contributed by atoms with van der Waals surface area (Å²) in [4.78, 5) is 21.3. The van der Waals surface area contributed by atoms with Gasteiger partial charge in [-0.05, 0) is 12.8 Å². The van der Waals surface area contributed by atoms with Gasteiger partial charge in [0.05, 0.1) is 6.42 Å². The van der Waals surface area contributed by atoms with Gasteiger partial charge >= 0.3 is 6.18 Å². The summed E-state index contributed by atoms with van der Waals surface area (Å²) in [7, 11) is 0. The lowest BCUT2D eigenvalue weighted by molar-refractivity contribution is -0.172. The third-order valence-electron chi connectivity index (χ3n) is 2.21. The second-order valence-electron chi connectivity index (χ2n) is 3.19. The summed E-state index contributed by atoms with van der Waals surface area (Å²) in [6, 6.07) is 0. The summed E-state index contributed by atoms with van der Waals surface area (Å²) in [6.07, 6.45) is -3.71. The molecule has 1 rings (SSSR count). The van der Waals surface area contributed by atoms with Crippen LogP contribution < -0.4 is 0 Å². The molecule has 0 aliphatic heterocycles. The van der Waals surface area contributed by atoms with Gasteiger partial charge in [-0.2, -0.15) is 13.2 Å². The van der Waals surface area contributed by atoms with Crippen LogP contribution in [0.15, 0.2) is 0 Å². The van der Waals surface area contributed by atoms with Crippen LogP contribution in [0.5, 0.6) is 0 Å². The Balaban J connectivity index is 2.39. The molecule has 13 heavy (non-hydrogen) atoms. The molecular weight excluding hydrogens is 185 g/mol. The van der Waals surface area contributed by atoms with E-state index in [-0.39, 0.29) is 5.92 Å². The zero-order chi connectivity index (χ0) is 10.1. The zero-order valence-corrected chi connectivity index (χ0v) is 6.86. The monoisotopic (exact) mass is 194 g/mol. The van der Waals surface area contributed by atoms with Crippen molar-refractivity contribution in [2.75, 3.05) is 0 Å². The van der Waals surface area contributed by atoms with E-state index in [9.17, 15) is 22.8 Å². The number of hydrogen-bond donors (Lipinski definition) is 0. The SMILES string of the molecule is O=C(CC(=O)C(F)(F)F)C1CCC1. The molecule has 0 aromatic rings. The van der Waals surface area contributed by atoms with E-state index in [1.54, 1.807) is 0 Å². The van der Waals surface area contributed by atoms with E-state index in [1.165, 1.54) is 0 Å². The van der Waals surface area contributed by atoms with E-state index in [1.807, 2.05) is 0 Å². The molecule has 0 N–H and O–H groups in total. The first-order valence-corrected chi connectivity index (χ1v) is 4.04. The molecule has 1 saturated carbocycles. The van der Waals surface area contributed by atoms with E-state index >= 15 is 0 Å². The normalized spacial score (nSPS) is 18.1. The Labute approximate surface area is 73.1 Å². The van der Waals surface area contributed by atoms with Gasteiger partial charge in [-0.3, -0.25) is 9.59 Å². The molecule has 0 atom stereocenters. The van der Waals surface area contributed by atoms with Crippen LogP contribution in [-0.2, 0) is 9.59 Å². The fourth-order valence-electron chi connectivity index (χ4n) is 1.13. The summed E-state index contributed by atoms with van der Waals surface area (Å²) in [5.41, 5.74) is 0. The molecule has 2 nitrogen and oxygen atoms in total. The molecule has 74 valence electrons. The van der Waals surface area contributed by atoms with Crippen LogP contribution in [0, 0.1) is 5.92 Å². The predicted molar refractivity (Wildman–Crippen MR) is 38.0 cm³/mol. The standard InChI is InChI=1S/C8H9F3O2/c9-8(10,11)7(13)4-6(12)5-2-1-3-5/h5H,1-4H2. The Morgan fingerprint density at radius 1 is 1.23 bits per heavy atom. The summed E-state index contributed by atoms with van der Waals surface area (Å²) in [6.45, 7) is 0. The lowest BCUT2D eigenvalue weighted by atomic mass is 9.81. The summed E-state index contributed by atoms with van der Waals surface area (Å²) in [5, 5.41) is 0. The Morgan fingerprint density at radius 2 is 1.77 bits per heavy atom. The Hall–Kier alpha value is -0.870. The van der Waals surface area contributed by atoms with Crippen LogP contribution in [0.1, 0.15) is 25.7 Å². The minimum absolute atomic E-state index is 0.300. The molecule has 1 fully saturated rings. The van der Waals surface area contributed by atoms with Gasteiger partial charge in [0.25, 0.3) is 0 Å². The summed E-state index contributed by atoms with van der Waals surface area (Å²) >= 11 is 0. The van der Waals surface area contributed by atoms with Crippen molar-refractivity contribution in [3.63, 3.8) is 0 Å². The fourth-order valence-corrected chi connectivity index (χ4v) is 1.13. The van der Waals surface area contributed by atoms with E-state index < -0.39 is 24.2 Å². The van der Waals surface area contributed by atoms with Crippen molar-refractivity contribution in [1.82, 2.24) is 0 Å². The lowest BCUT2D eigenvalue weighted by Crippen LogP contribution is -2.30. The first-order valence-electron chi connectivity index (χ1n) is 4.04. The Bertz CT molecular complexity index is 228. The van der Waals surface area contributed by atoms with E-state index in [2.05, 4.69) is 0 Å². The van der Waals surface area contributed by atoms with E-state index in [0.717, 1.165) is 6.42 Å². The smallest absolute Gasteiger partial charge is 0.299 e. The minimum atomic E-state index is -4.86. The molecule has 5 heteroatoms. The molecule has 0 radical (unpaired) electrons. The van der Waals surface area contributed by atoms with Crippen molar-refractivity contribution in [3.8, 4) is 0 Å². The van der Waals surface area contributed by atoms with Gasteiger partial charge in [0.1, 0.15) is 5.78 Å². The van der Waals surface area contributed by atoms with Crippen LogP contribution in [-0.4, -0.2) is 17.7 Å². The molecule has 0 spiro atoms. The molecule has 0 heterocycles. The zero-order valence-electron chi connectivity index (χ0n) is 6.86. The van der Waals surface area contributed by atoms with Crippen molar-refractivity contribution in [2.45, 2.75) is 31.9 Å². The van der Waals surface area contributed by atoms with Crippen LogP contribution in [0.3, 0.4) is 0 Å². The first kappa shape index (κ1) is 10.2. The number of carbonyl (C=O) groups excluding carboxylic acids is 2. The van der Waals surface area contributed by atoms with Crippen molar-refractivity contribution in [1.29, 1.82) is 0 Å². The predicted octanol–water partition coefficient (Wildman–Crippen LogP) is 1.88. The van der Waals surface area contributed by atoms with Gasteiger partial charge in [-0.25, -0.2) is 0 Å². The highest BCUT2D eigenvalue weighted by Crippen LogP contribution is 2.29. The van der Waals surface area contributed by atoms with Crippen molar-refractivity contribution in [2.24, 2.45) is 5.92 Å².